The fourth-order valence-electron chi connectivity index (χ4n) is 6.73. The molecule has 3 atom stereocenters. The molecule has 3 unspecified atom stereocenters. The van der Waals surface area contributed by atoms with Crippen molar-refractivity contribution < 1.29 is 14.3 Å². The smallest absolute Gasteiger partial charge is 0.256 e. The van der Waals surface area contributed by atoms with E-state index in [1.807, 2.05) is 89.4 Å². The Balaban J connectivity index is 1.20. The van der Waals surface area contributed by atoms with Crippen molar-refractivity contribution in [2.45, 2.75) is 24.9 Å². The number of rotatable bonds is 6. The number of fused-ring (bicyclic) bond motifs is 1. The third-order valence-corrected chi connectivity index (χ3v) is 8.88. The highest BCUT2D eigenvalue weighted by atomic mass is 19.1. The number of piperidine rings is 1. The lowest BCUT2D eigenvalue weighted by Crippen LogP contribution is -2.39. The molecule has 6 rings (SSSR count). The monoisotopic (exact) mass is 525 g/mol. The number of para-hydroxylation sites is 1. The van der Waals surface area contributed by atoms with Crippen LogP contribution in [0, 0.1) is 17.7 Å². The van der Waals surface area contributed by atoms with Crippen LogP contribution in [0.5, 0.6) is 0 Å². The van der Waals surface area contributed by atoms with Gasteiger partial charge in [0.25, 0.3) is 5.91 Å². The van der Waals surface area contributed by atoms with Gasteiger partial charge in [-0.15, -0.1) is 0 Å². The van der Waals surface area contributed by atoms with E-state index in [1.165, 1.54) is 5.56 Å². The van der Waals surface area contributed by atoms with E-state index in [0.29, 0.717) is 24.6 Å². The Labute approximate surface area is 229 Å². The van der Waals surface area contributed by atoms with E-state index in [9.17, 15) is 14.3 Å². The molecule has 0 saturated carbocycles. The van der Waals surface area contributed by atoms with Crippen LogP contribution in [0.25, 0.3) is 10.9 Å². The number of amides is 1. The molecule has 3 heterocycles. The lowest BCUT2D eigenvalue weighted by Gasteiger charge is -2.35. The van der Waals surface area contributed by atoms with E-state index in [1.54, 1.807) is 12.1 Å². The molecule has 5 nitrogen and oxygen atoms in total. The molecule has 3 aromatic carbocycles. The van der Waals surface area contributed by atoms with Gasteiger partial charge in [-0.3, -0.25) is 4.79 Å². The summed E-state index contributed by atoms with van der Waals surface area (Å²) >= 11 is 0. The number of aliphatic hydroxyl groups is 1. The highest BCUT2D eigenvalue weighted by Gasteiger charge is 2.41. The van der Waals surface area contributed by atoms with E-state index in [2.05, 4.69) is 4.90 Å². The number of aliphatic hydroxyl groups excluding tert-OH is 1. The zero-order valence-corrected chi connectivity index (χ0v) is 22.4. The van der Waals surface area contributed by atoms with Gasteiger partial charge in [0.05, 0.1) is 17.2 Å². The largest absolute Gasteiger partial charge is 0.388 e. The molecule has 0 aliphatic carbocycles. The first-order valence-corrected chi connectivity index (χ1v) is 14.0. The second-order valence-electron chi connectivity index (χ2n) is 11.3. The topological polar surface area (TPSA) is 48.7 Å². The molecule has 2 saturated heterocycles. The Bertz CT molecular complexity index is 1430. The maximum atomic E-state index is 13.9. The molecule has 0 bridgehead atoms. The van der Waals surface area contributed by atoms with Gasteiger partial charge >= 0.3 is 0 Å². The van der Waals surface area contributed by atoms with Gasteiger partial charge in [0.2, 0.25) is 0 Å². The average Bonchev–Trinajstić information content (AvgIpc) is 3.57. The molecule has 0 radical (unpaired) electrons. The van der Waals surface area contributed by atoms with Gasteiger partial charge in [-0.1, -0.05) is 54.6 Å². The summed E-state index contributed by atoms with van der Waals surface area (Å²) in [4.78, 5) is 18.3. The summed E-state index contributed by atoms with van der Waals surface area (Å²) in [6.45, 7) is 3.94. The summed E-state index contributed by atoms with van der Waals surface area (Å²) in [6.07, 6.45) is 3.42. The molecule has 202 valence electrons. The van der Waals surface area contributed by atoms with E-state index >= 15 is 0 Å². The molecule has 1 N–H and O–H groups in total. The molecule has 2 aliphatic rings. The van der Waals surface area contributed by atoms with Gasteiger partial charge in [-0.25, -0.2) is 4.39 Å². The van der Waals surface area contributed by atoms with Crippen molar-refractivity contribution in [2.75, 3.05) is 32.7 Å². The predicted molar refractivity (Wildman–Crippen MR) is 152 cm³/mol. The summed E-state index contributed by atoms with van der Waals surface area (Å²) in [5.74, 6) is 0.408. The van der Waals surface area contributed by atoms with Crippen molar-refractivity contribution >= 4 is 16.8 Å². The minimum atomic E-state index is -0.628. The van der Waals surface area contributed by atoms with Crippen LogP contribution in [0.15, 0.2) is 85.1 Å². The Kier molecular flexibility index (Phi) is 7.24. The number of hydrogen-bond acceptors (Lipinski definition) is 3. The molecule has 39 heavy (non-hydrogen) atoms. The molecule has 6 heteroatoms. The summed E-state index contributed by atoms with van der Waals surface area (Å²) in [5, 5.41) is 12.6. The lowest BCUT2D eigenvalue weighted by molar-refractivity contribution is 0.0701. The highest BCUT2D eigenvalue weighted by molar-refractivity contribution is 6.06. The van der Waals surface area contributed by atoms with Crippen molar-refractivity contribution in [3.63, 3.8) is 0 Å². The fraction of sp³-hybridized carbons (Fsp3) is 0.364. The third-order valence-electron chi connectivity index (χ3n) is 8.88. The standard InChI is InChI=1S/C33H36FN3O2/c1-35-17-14-25-8-5-9-29(31(25)35)33(39)37-21-27(30(22-37)32(38)26-6-3-2-4-7-26)20-36-18-15-24(16-19-36)23-10-12-28(34)13-11-23/h2-14,17,24,27,30,32,38H,15-16,18-22H2,1H3. The van der Waals surface area contributed by atoms with Gasteiger partial charge in [0.1, 0.15) is 5.82 Å². The zero-order chi connectivity index (χ0) is 26.9. The van der Waals surface area contributed by atoms with Gasteiger partial charge in [0, 0.05) is 44.2 Å². The van der Waals surface area contributed by atoms with Crippen LogP contribution in [0.2, 0.25) is 0 Å². The Morgan fingerprint density at radius 2 is 1.69 bits per heavy atom. The van der Waals surface area contributed by atoms with Crippen molar-refractivity contribution in [1.82, 2.24) is 14.4 Å². The molecule has 2 fully saturated rings. The van der Waals surface area contributed by atoms with E-state index in [-0.39, 0.29) is 23.6 Å². The van der Waals surface area contributed by atoms with Crippen LogP contribution < -0.4 is 0 Å². The van der Waals surface area contributed by atoms with Crippen LogP contribution in [-0.2, 0) is 7.05 Å². The predicted octanol–water partition coefficient (Wildman–Crippen LogP) is 5.62. The number of likely N-dealkylation sites (tertiary alicyclic amines) is 2. The fourth-order valence-corrected chi connectivity index (χ4v) is 6.73. The second-order valence-corrected chi connectivity index (χ2v) is 11.3. The normalized spacial score (nSPS) is 21.5. The molecule has 0 spiro atoms. The highest BCUT2D eigenvalue weighted by Crippen LogP contribution is 2.37. The maximum Gasteiger partial charge on any atom is 0.256 e. The third kappa shape index (κ3) is 5.23. The number of carbonyl (C=O) groups excluding carboxylic acids is 1. The summed E-state index contributed by atoms with van der Waals surface area (Å²) in [5.41, 5.74) is 3.78. The molecule has 2 aliphatic heterocycles. The number of aromatic nitrogens is 1. The quantitative estimate of drug-likeness (QED) is 0.356. The number of carbonyl (C=O) groups is 1. The SMILES string of the molecule is Cn1ccc2cccc(C(=O)N3CC(CN4CCC(c5ccc(F)cc5)CC4)C(C(O)c4ccccc4)C3)c21. The van der Waals surface area contributed by atoms with Gasteiger partial charge in [-0.05, 0) is 73.2 Å². The van der Waals surface area contributed by atoms with Crippen molar-refractivity contribution in [2.24, 2.45) is 18.9 Å². The number of hydrogen-bond donors (Lipinski definition) is 1. The number of nitrogens with zero attached hydrogens (tertiary/aromatic N) is 3. The van der Waals surface area contributed by atoms with Crippen molar-refractivity contribution in [1.29, 1.82) is 0 Å². The lowest BCUT2D eigenvalue weighted by atomic mass is 9.85. The minimum Gasteiger partial charge on any atom is -0.388 e. The summed E-state index contributed by atoms with van der Waals surface area (Å²) in [7, 11) is 1.98. The number of halogens is 1. The van der Waals surface area contributed by atoms with Gasteiger partial charge < -0.3 is 19.5 Å². The second kappa shape index (κ2) is 10.9. The van der Waals surface area contributed by atoms with Crippen LogP contribution in [0.4, 0.5) is 4.39 Å². The zero-order valence-electron chi connectivity index (χ0n) is 22.4. The molecular formula is C33H36FN3O2. The van der Waals surface area contributed by atoms with E-state index in [4.69, 9.17) is 0 Å². The molecule has 1 aromatic heterocycles. The van der Waals surface area contributed by atoms with Crippen LogP contribution in [0.3, 0.4) is 0 Å². The summed E-state index contributed by atoms with van der Waals surface area (Å²) in [6, 6.07) is 24.7. The molecule has 4 aromatic rings. The molecule has 1 amide bonds. The minimum absolute atomic E-state index is 0.0326. The van der Waals surface area contributed by atoms with Gasteiger partial charge in [-0.2, -0.15) is 0 Å². The van der Waals surface area contributed by atoms with Crippen molar-refractivity contribution in [3.8, 4) is 0 Å². The first-order valence-electron chi connectivity index (χ1n) is 14.0. The average molecular weight is 526 g/mol. The molecular weight excluding hydrogens is 489 g/mol. The number of aryl methyl sites for hydroxylation is 1. The first kappa shape index (κ1) is 25.8. The van der Waals surface area contributed by atoms with Crippen LogP contribution in [-0.4, -0.2) is 58.1 Å². The summed E-state index contributed by atoms with van der Waals surface area (Å²) < 4.78 is 15.4. The van der Waals surface area contributed by atoms with Crippen LogP contribution >= 0.6 is 0 Å². The Hall–Kier alpha value is -3.48. The van der Waals surface area contributed by atoms with E-state index in [0.717, 1.165) is 48.9 Å². The number of benzene rings is 3. The Morgan fingerprint density at radius 3 is 2.44 bits per heavy atom. The van der Waals surface area contributed by atoms with Gasteiger partial charge in [0.15, 0.2) is 0 Å². The van der Waals surface area contributed by atoms with E-state index < -0.39 is 6.10 Å². The van der Waals surface area contributed by atoms with Crippen molar-refractivity contribution in [3.05, 3.63) is 108 Å². The van der Waals surface area contributed by atoms with Crippen LogP contribution in [0.1, 0.15) is 46.3 Å². The Morgan fingerprint density at radius 1 is 0.949 bits per heavy atom. The first-order chi connectivity index (χ1) is 19.0. The maximum absolute atomic E-state index is 13.9.